The van der Waals surface area contributed by atoms with E-state index in [1.807, 2.05) is 36.4 Å². The quantitative estimate of drug-likeness (QED) is 0.466. The van der Waals surface area contributed by atoms with Crippen molar-refractivity contribution in [2.24, 2.45) is 0 Å². The van der Waals surface area contributed by atoms with E-state index in [9.17, 15) is 4.79 Å². The summed E-state index contributed by atoms with van der Waals surface area (Å²) in [7, 11) is 0. The first kappa shape index (κ1) is 14.5. The van der Waals surface area contributed by atoms with Crippen LogP contribution in [0.5, 0.6) is 0 Å². The molecule has 4 aromatic carbocycles. The maximum atomic E-state index is 12.3. The maximum absolute atomic E-state index is 12.3. The Morgan fingerprint density at radius 1 is 0.625 bits per heavy atom. The van der Waals surface area contributed by atoms with Crippen LogP contribution in [0.25, 0.3) is 21.5 Å². The third kappa shape index (κ3) is 2.52. The Morgan fingerprint density at radius 2 is 1.04 bits per heavy atom. The molecule has 116 valence electrons. The molecule has 0 aromatic heterocycles. The highest BCUT2D eigenvalue weighted by Gasteiger charge is 2.14. The highest BCUT2D eigenvalue weighted by Crippen LogP contribution is 2.31. The number of carbonyl (C=O) groups is 1. The van der Waals surface area contributed by atoms with E-state index in [2.05, 4.69) is 48.5 Å². The third-order valence-corrected chi connectivity index (χ3v) is 4.30. The van der Waals surface area contributed by atoms with Crippen molar-refractivity contribution in [2.45, 2.75) is 6.92 Å². The standard InChI is InChI=1S/C22H17NO/c1-16(24)23(21-12-10-17-6-2-4-8-19(17)14-21)22-13-11-18-7-3-5-9-20(18)15-22/h2-15H,1H3. The second kappa shape index (κ2) is 5.82. The van der Waals surface area contributed by atoms with Gasteiger partial charge in [-0.1, -0.05) is 60.7 Å². The van der Waals surface area contributed by atoms with Gasteiger partial charge in [0.25, 0.3) is 0 Å². The molecule has 0 saturated carbocycles. The Labute approximate surface area is 141 Å². The summed E-state index contributed by atoms with van der Waals surface area (Å²) < 4.78 is 0. The summed E-state index contributed by atoms with van der Waals surface area (Å²) in [6.07, 6.45) is 0. The summed E-state index contributed by atoms with van der Waals surface area (Å²) in [5.41, 5.74) is 1.77. The van der Waals surface area contributed by atoms with Crippen molar-refractivity contribution in [1.82, 2.24) is 0 Å². The molecule has 4 rings (SSSR count). The number of hydrogen-bond donors (Lipinski definition) is 0. The molecule has 0 bridgehead atoms. The fraction of sp³-hybridized carbons (Fsp3) is 0.0455. The second-order valence-corrected chi connectivity index (χ2v) is 5.92. The molecule has 0 radical (unpaired) electrons. The fourth-order valence-corrected chi connectivity index (χ4v) is 3.14. The van der Waals surface area contributed by atoms with E-state index in [0.29, 0.717) is 0 Å². The SMILES string of the molecule is CC(=O)N(c1ccc2ccccc2c1)c1ccc2ccccc2c1. The zero-order valence-corrected chi connectivity index (χ0v) is 13.4. The van der Waals surface area contributed by atoms with E-state index in [4.69, 9.17) is 0 Å². The second-order valence-electron chi connectivity index (χ2n) is 5.92. The van der Waals surface area contributed by atoms with Crippen molar-refractivity contribution in [1.29, 1.82) is 0 Å². The van der Waals surface area contributed by atoms with Crippen molar-refractivity contribution >= 4 is 38.8 Å². The molecule has 0 saturated heterocycles. The zero-order chi connectivity index (χ0) is 16.5. The van der Waals surface area contributed by atoms with Gasteiger partial charge in [0.1, 0.15) is 0 Å². The highest BCUT2D eigenvalue weighted by atomic mass is 16.2. The summed E-state index contributed by atoms with van der Waals surface area (Å²) in [6, 6.07) is 28.6. The van der Waals surface area contributed by atoms with E-state index in [1.54, 1.807) is 11.8 Å². The van der Waals surface area contributed by atoms with Gasteiger partial charge in [0, 0.05) is 18.3 Å². The van der Waals surface area contributed by atoms with Gasteiger partial charge < -0.3 is 0 Å². The molecule has 4 aromatic rings. The van der Waals surface area contributed by atoms with Crippen LogP contribution in [0.3, 0.4) is 0 Å². The summed E-state index contributed by atoms with van der Waals surface area (Å²) in [4.78, 5) is 14.1. The van der Waals surface area contributed by atoms with Crippen LogP contribution in [0.2, 0.25) is 0 Å². The molecule has 2 heteroatoms. The van der Waals surface area contributed by atoms with Crippen LogP contribution >= 0.6 is 0 Å². The number of hydrogen-bond acceptors (Lipinski definition) is 1. The smallest absolute Gasteiger partial charge is 0.228 e. The molecule has 0 unspecified atom stereocenters. The van der Waals surface area contributed by atoms with Gasteiger partial charge in [0.05, 0.1) is 0 Å². The molecule has 0 aliphatic carbocycles. The molecule has 0 aliphatic heterocycles. The number of anilines is 2. The molecule has 0 atom stereocenters. The summed E-state index contributed by atoms with van der Waals surface area (Å²) >= 11 is 0. The molecule has 0 N–H and O–H groups in total. The fourth-order valence-electron chi connectivity index (χ4n) is 3.14. The minimum absolute atomic E-state index is 0.000521. The first-order valence-corrected chi connectivity index (χ1v) is 8.01. The number of carbonyl (C=O) groups excluding carboxylic acids is 1. The molecule has 1 amide bonds. The Balaban J connectivity index is 1.86. The van der Waals surface area contributed by atoms with E-state index < -0.39 is 0 Å². The molecule has 0 heterocycles. The summed E-state index contributed by atoms with van der Waals surface area (Å²) in [6.45, 7) is 1.60. The van der Waals surface area contributed by atoms with Crippen LogP contribution in [-0.2, 0) is 4.79 Å². The molecular formula is C22H17NO. The Kier molecular flexibility index (Phi) is 3.51. The summed E-state index contributed by atoms with van der Waals surface area (Å²) in [5.74, 6) is 0.000521. The van der Waals surface area contributed by atoms with Crippen LogP contribution < -0.4 is 4.90 Å². The average molecular weight is 311 g/mol. The van der Waals surface area contributed by atoms with Gasteiger partial charge in [0.15, 0.2) is 0 Å². The molecular weight excluding hydrogens is 294 g/mol. The molecule has 0 aliphatic rings. The number of amides is 1. The van der Waals surface area contributed by atoms with E-state index in [0.717, 1.165) is 22.1 Å². The van der Waals surface area contributed by atoms with Crippen LogP contribution in [0.15, 0.2) is 84.9 Å². The van der Waals surface area contributed by atoms with Gasteiger partial charge in [0.2, 0.25) is 5.91 Å². The normalized spacial score (nSPS) is 10.9. The number of fused-ring (bicyclic) bond motifs is 2. The maximum Gasteiger partial charge on any atom is 0.228 e. The molecule has 0 fully saturated rings. The largest absolute Gasteiger partial charge is 0.281 e. The van der Waals surface area contributed by atoms with Crippen molar-refractivity contribution in [2.75, 3.05) is 4.90 Å². The lowest BCUT2D eigenvalue weighted by Gasteiger charge is -2.22. The monoisotopic (exact) mass is 311 g/mol. The first-order chi connectivity index (χ1) is 11.7. The zero-order valence-electron chi connectivity index (χ0n) is 13.4. The Bertz CT molecular complexity index is 972. The average Bonchev–Trinajstić information content (AvgIpc) is 2.61. The summed E-state index contributed by atoms with van der Waals surface area (Å²) in [5, 5.41) is 4.59. The third-order valence-electron chi connectivity index (χ3n) is 4.30. The van der Waals surface area contributed by atoms with Crippen LogP contribution in [0.1, 0.15) is 6.92 Å². The lowest BCUT2D eigenvalue weighted by atomic mass is 10.1. The minimum atomic E-state index is 0.000521. The van der Waals surface area contributed by atoms with Crippen molar-refractivity contribution < 1.29 is 4.79 Å². The minimum Gasteiger partial charge on any atom is -0.281 e. The first-order valence-electron chi connectivity index (χ1n) is 8.01. The molecule has 24 heavy (non-hydrogen) atoms. The lowest BCUT2D eigenvalue weighted by molar-refractivity contribution is -0.115. The molecule has 2 nitrogen and oxygen atoms in total. The van der Waals surface area contributed by atoms with E-state index >= 15 is 0 Å². The van der Waals surface area contributed by atoms with Gasteiger partial charge in [-0.2, -0.15) is 0 Å². The van der Waals surface area contributed by atoms with Gasteiger partial charge in [-0.3, -0.25) is 9.69 Å². The van der Waals surface area contributed by atoms with Crippen LogP contribution in [0, 0.1) is 0 Å². The Hall–Kier alpha value is -3.13. The van der Waals surface area contributed by atoms with Gasteiger partial charge >= 0.3 is 0 Å². The van der Waals surface area contributed by atoms with Gasteiger partial charge in [-0.05, 0) is 45.8 Å². The predicted molar refractivity (Wildman–Crippen MR) is 101 cm³/mol. The van der Waals surface area contributed by atoms with Crippen molar-refractivity contribution in [3.63, 3.8) is 0 Å². The number of nitrogens with zero attached hydrogens (tertiary/aromatic N) is 1. The van der Waals surface area contributed by atoms with Crippen LogP contribution in [-0.4, -0.2) is 5.91 Å². The van der Waals surface area contributed by atoms with Crippen LogP contribution in [0.4, 0.5) is 11.4 Å². The molecule has 0 spiro atoms. The van der Waals surface area contributed by atoms with Crippen molar-refractivity contribution in [3.8, 4) is 0 Å². The van der Waals surface area contributed by atoms with E-state index in [-0.39, 0.29) is 5.91 Å². The van der Waals surface area contributed by atoms with E-state index in [1.165, 1.54) is 10.8 Å². The Morgan fingerprint density at radius 3 is 1.46 bits per heavy atom. The number of benzene rings is 4. The van der Waals surface area contributed by atoms with Gasteiger partial charge in [-0.25, -0.2) is 0 Å². The van der Waals surface area contributed by atoms with Gasteiger partial charge in [-0.15, -0.1) is 0 Å². The van der Waals surface area contributed by atoms with Crippen molar-refractivity contribution in [3.05, 3.63) is 84.9 Å². The predicted octanol–water partition coefficient (Wildman–Crippen LogP) is 5.68. The lowest BCUT2D eigenvalue weighted by Crippen LogP contribution is -2.22. The topological polar surface area (TPSA) is 20.3 Å². The number of rotatable bonds is 2. The highest BCUT2D eigenvalue weighted by molar-refractivity contribution is 6.02.